The van der Waals surface area contributed by atoms with Crippen molar-refractivity contribution in [1.82, 2.24) is 0 Å². The van der Waals surface area contributed by atoms with Crippen LogP contribution in [0.4, 0.5) is 0 Å². The Morgan fingerprint density at radius 1 is 1.67 bits per heavy atom. The molecule has 0 rings (SSSR count). The van der Waals surface area contributed by atoms with Crippen molar-refractivity contribution in [2.24, 2.45) is 0 Å². The summed E-state index contributed by atoms with van der Waals surface area (Å²) in [5, 5.41) is 0. The fraction of sp³-hybridized carbons (Fsp3) is 0.250. The second-order valence-electron chi connectivity index (χ2n) is 1.67. The molecule has 0 N–H and O–H groups in total. The molecule has 0 aromatic carbocycles. The Hall–Kier alpha value is -1.07. The van der Waals surface area contributed by atoms with Crippen LogP contribution in [0.25, 0.3) is 0 Å². The van der Waals surface area contributed by atoms with Gasteiger partial charge in [0.15, 0.2) is 5.78 Å². The van der Waals surface area contributed by atoms with Crippen LogP contribution in [0.15, 0.2) is 30.0 Å². The summed E-state index contributed by atoms with van der Waals surface area (Å²) in [5.74, 6) is -0.0208. The second-order valence-corrected chi connectivity index (χ2v) is 1.67. The molecule has 1 heteroatoms. The van der Waals surface area contributed by atoms with Crippen LogP contribution in [0, 0.1) is 0 Å². The first kappa shape index (κ1) is 7.93. The molecule has 0 radical (unpaired) electrons. The van der Waals surface area contributed by atoms with E-state index in [0.29, 0.717) is 5.57 Å². The van der Waals surface area contributed by atoms with Crippen LogP contribution in [-0.2, 0) is 4.79 Å². The van der Waals surface area contributed by atoms with Gasteiger partial charge in [0, 0.05) is 5.57 Å². The number of carbonyl (C=O) groups excluding carboxylic acids is 1. The lowest BCUT2D eigenvalue weighted by Crippen LogP contribution is -1.91. The van der Waals surface area contributed by atoms with Crippen LogP contribution in [0.3, 0.4) is 0 Å². The molecule has 0 aliphatic heterocycles. The van der Waals surface area contributed by atoms with E-state index in [1.807, 2.05) is 0 Å². The molecule has 0 bridgehead atoms. The molecule has 0 fully saturated rings. The molecule has 0 unspecified atom stereocenters. The lowest BCUT2D eigenvalue weighted by molar-refractivity contribution is -0.111. The zero-order valence-corrected chi connectivity index (χ0v) is 5.77. The Balaban J connectivity index is 4.23. The van der Waals surface area contributed by atoms with Crippen LogP contribution in [0.2, 0.25) is 0 Å². The first-order chi connectivity index (χ1) is 4.22. The molecule has 48 valence electrons. The van der Waals surface area contributed by atoms with Gasteiger partial charge >= 0.3 is 0 Å². The van der Waals surface area contributed by atoms with Gasteiger partial charge in [-0.2, -0.15) is 0 Å². The topological polar surface area (TPSA) is 17.1 Å². The number of carbonyl (C=O) groups is 1. The van der Waals surface area contributed by atoms with E-state index in [0.717, 1.165) is 0 Å². The molecule has 0 aliphatic carbocycles. The van der Waals surface area contributed by atoms with Crippen LogP contribution >= 0.6 is 0 Å². The van der Waals surface area contributed by atoms with E-state index in [2.05, 4.69) is 12.3 Å². The van der Waals surface area contributed by atoms with E-state index in [9.17, 15) is 4.79 Å². The van der Waals surface area contributed by atoms with Gasteiger partial charge in [-0.3, -0.25) is 4.79 Å². The third-order valence-electron chi connectivity index (χ3n) is 0.953. The van der Waals surface area contributed by atoms with Crippen LogP contribution in [0.5, 0.6) is 0 Å². The molecule has 0 atom stereocenters. The van der Waals surface area contributed by atoms with Gasteiger partial charge in [0.1, 0.15) is 0 Å². The van der Waals surface area contributed by atoms with Crippen molar-refractivity contribution in [2.75, 3.05) is 0 Å². The highest BCUT2D eigenvalue weighted by Crippen LogP contribution is 1.91. The SMILES string of the molecule is C=C=C(C)C(=O)/C=C/C. The first-order valence-electron chi connectivity index (χ1n) is 2.76. The van der Waals surface area contributed by atoms with Crippen molar-refractivity contribution in [2.45, 2.75) is 13.8 Å². The normalized spacial score (nSPS) is 9.11. The molecular weight excluding hydrogens is 112 g/mol. The minimum absolute atomic E-state index is 0.0208. The summed E-state index contributed by atoms with van der Waals surface area (Å²) in [6.07, 6.45) is 3.19. The summed E-state index contributed by atoms with van der Waals surface area (Å²) < 4.78 is 0. The number of hydrogen-bond donors (Lipinski definition) is 0. The number of allylic oxidation sites excluding steroid dienone is 3. The highest BCUT2D eigenvalue weighted by Gasteiger charge is 1.94. The van der Waals surface area contributed by atoms with Crippen molar-refractivity contribution < 1.29 is 4.79 Å². The van der Waals surface area contributed by atoms with Gasteiger partial charge in [-0.05, 0) is 19.9 Å². The van der Waals surface area contributed by atoms with E-state index in [-0.39, 0.29) is 5.78 Å². The fourth-order valence-corrected chi connectivity index (χ4v) is 0.363. The first-order valence-corrected chi connectivity index (χ1v) is 2.76. The van der Waals surface area contributed by atoms with Crippen LogP contribution < -0.4 is 0 Å². The van der Waals surface area contributed by atoms with Crippen molar-refractivity contribution >= 4 is 5.78 Å². The van der Waals surface area contributed by atoms with E-state index < -0.39 is 0 Å². The van der Waals surface area contributed by atoms with Gasteiger partial charge in [-0.1, -0.05) is 12.7 Å². The maximum atomic E-state index is 10.7. The average Bonchev–Trinajstić information content (AvgIpc) is 1.87. The third-order valence-corrected chi connectivity index (χ3v) is 0.953. The van der Waals surface area contributed by atoms with Gasteiger partial charge in [0.05, 0.1) is 0 Å². The minimum atomic E-state index is -0.0208. The zero-order chi connectivity index (χ0) is 7.28. The zero-order valence-electron chi connectivity index (χ0n) is 5.77. The minimum Gasteiger partial charge on any atom is -0.289 e. The lowest BCUT2D eigenvalue weighted by Gasteiger charge is -1.85. The van der Waals surface area contributed by atoms with E-state index in [1.165, 1.54) is 6.08 Å². The lowest BCUT2D eigenvalue weighted by atomic mass is 10.2. The predicted molar refractivity (Wildman–Crippen MR) is 38.1 cm³/mol. The number of ketones is 1. The highest BCUT2D eigenvalue weighted by atomic mass is 16.1. The quantitative estimate of drug-likeness (QED) is 0.403. The Morgan fingerprint density at radius 2 is 2.22 bits per heavy atom. The van der Waals surface area contributed by atoms with E-state index >= 15 is 0 Å². The molecule has 0 aliphatic rings. The molecule has 1 nitrogen and oxygen atoms in total. The van der Waals surface area contributed by atoms with Crippen LogP contribution in [0.1, 0.15) is 13.8 Å². The van der Waals surface area contributed by atoms with Crippen LogP contribution in [-0.4, -0.2) is 5.78 Å². The fourth-order valence-electron chi connectivity index (χ4n) is 0.363. The summed E-state index contributed by atoms with van der Waals surface area (Å²) in [7, 11) is 0. The van der Waals surface area contributed by atoms with Crippen molar-refractivity contribution in [3.8, 4) is 0 Å². The Kier molecular flexibility index (Phi) is 3.41. The summed E-state index contributed by atoms with van der Waals surface area (Å²) in [6.45, 7) is 6.84. The monoisotopic (exact) mass is 122 g/mol. The van der Waals surface area contributed by atoms with Gasteiger partial charge in [-0.25, -0.2) is 0 Å². The third kappa shape index (κ3) is 2.68. The molecule has 9 heavy (non-hydrogen) atoms. The summed E-state index contributed by atoms with van der Waals surface area (Å²) in [6, 6.07) is 0. The van der Waals surface area contributed by atoms with Gasteiger partial charge < -0.3 is 0 Å². The molecule has 0 aromatic heterocycles. The van der Waals surface area contributed by atoms with Crippen molar-refractivity contribution in [1.29, 1.82) is 0 Å². The van der Waals surface area contributed by atoms with E-state index in [1.54, 1.807) is 19.9 Å². The summed E-state index contributed by atoms with van der Waals surface area (Å²) in [5.41, 5.74) is 3.08. The Bertz CT molecular complexity index is 181. The number of hydrogen-bond acceptors (Lipinski definition) is 1. The summed E-state index contributed by atoms with van der Waals surface area (Å²) >= 11 is 0. The van der Waals surface area contributed by atoms with Crippen molar-refractivity contribution in [3.05, 3.63) is 30.0 Å². The molecule has 0 aromatic rings. The second kappa shape index (κ2) is 3.88. The van der Waals surface area contributed by atoms with Gasteiger partial charge in [0.25, 0.3) is 0 Å². The largest absolute Gasteiger partial charge is 0.289 e. The van der Waals surface area contributed by atoms with Crippen molar-refractivity contribution in [3.63, 3.8) is 0 Å². The predicted octanol–water partition coefficient (Wildman–Crippen LogP) is 1.86. The maximum absolute atomic E-state index is 10.7. The Labute approximate surface area is 55.4 Å². The standard InChI is InChI=1S/C8H10O/c1-4-6-8(9)7(3)5-2/h4,6H,2H2,1,3H3/b6-4+. The Morgan fingerprint density at radius 3 is 2.56 bits per heavy atom. The average molecular weight is 122 g/mol. The maximum Gasteiger partial charge on any atom is 0.188 e. The smallest absolute Gasteiger partial charge is 0.188 e. The number of rotatable bonds is 2. The molecule has 0 spiro atoms. The molecule has 0 saturated carbocycles. The van der Waals surface area contributed by atoms with E-state index in [4.69, 9.17) is 0 Å². The summed E-state index contributed by atoms with van der Waals surface area (Å²) in [4.78, 5) is 10.7. The molecule has 0 saturated heterocycles. The van der Waals surface area contributed by atoms with Gasteiger partial charge in [-0.15, -0.1) is 5.73 Å². The molecule has 0 heterocycles. The molecular formula is C8H10O. The van der Waals surface area contributed by atoms with Gasteiger partial charge in [0.2, 0.25) is 0 Å². The highest BCUT2D eigenvalue weighted by molar-refractivity contribution is 6.03. The molecule has 0 amide bonds.